The smallest absolute Gasteiger partial charge is 0.306 e. The van der Waals surface area contributed by atoms with E-state index in [1.807, 2.05) is 25.1 Å². The standard InChI is InChI=1S/C10H13IN2O2/c1-7-4-5-8(11)6-9(7)12-10(14)13(2)15-3/h4-6H,1-3H3,(H,12,14). The zero-order chi connectivity index (χ0) is 11.4. The number of aryl methyl sites for hydroxylation is 1. The number of carbonyl (C=O) groups excluding carboxylic acids is 1. The van der Waals surface area contributed by atoms with Crippen LogP contribution in [0.2, 0.25) is 0 Å². The fourth-order valence-corrected chi connectivity index (χ4v) is 1.50. The summed E-state index contributed by atoms with van der Waals surface area (Å²) in [6, 6.07) is 5.58. The quantitative estimate of drug-likeness (QED) is 0.672. The predicted octanol–water partition coefficient (Wildman–Crippen LogP) is 2.62. The van der Waals surface area contributed by atoms with Gasteiger partial charge in [-0.1, -0.05) is 6.07 Å². The first-order valence-corrected chi connectivity index (χ1v) is 5.47. The highest BCUT2D eigenvalue weighted by molar-refractivity contribution is 14.1. The van der Waals surface area contributed by atoms with Crippen LogP contribution in [-0.4, -0.2) is 25.3 Å². The van der Waals surface area contributed by atoms with Crippen LogP contribution in [0, 0.1) is 10.5 Å². The Kier molecular flexibility index (Phi) is 4.34. The number of anilines is 1. The van der Waals surface area contributed by atoms with Crippen molar-refractivity contribution in [2.45, 2.75) is 6.92 Å². The highest BCUT2D eigenvalue weighted by Crippen LogP contribution is 2.18. The minimum atomic E-state index is -0.289. The number of rotatable bonds is 2. The molecule has 0 spiro atoms. The molecule has 1 N–H and O–H groups in total. The molecule has 4 nitrogen and oxygen atoms in total. The summed E-state index contributed by atoms with van der Waals surface area (Å²) in [7, 11) is 3.00. The molecular weight excluding hydrogens is 307 g/mol. The first kappa shape index (κ1) is 12.3. The summed E-state index contributed by atoms with van der Waals surface area (Å²) < 4.78 is 1.08. The first-order valence-electron chi connectivity index (χ1n) is 4.39. The number of nitrogens with zero attached hydrogens (tertiary/aromatic N) is 1. The normalized spacial score (nSPS) is 9.87. The summed E-state index contributed by atoms with van der Waals surface area (Å²) in [6.07, 6.45) is 0. The summed E-state index contributed by atoms with van der Waals surface area (Å²) in [4.78, 5) is 16.3. The van der Waals surface area contributed by atoms with E-state index in [-0.39, 0.29) is 6.03 Å². The molecule has 15 heavy (non-hydrogen) atoms. The number of benzene rings is 1. The maximum Gasteiger partial charge on any atom is 0.345 e. The summed E-state index contributed by atoms with van der Waals surface area (Å²) in [5, 5.41) is 3.90. The van der Waals surface area contributed by atoms with Crippen molar-refractivity contribution in [3.63, 3.8) is 0 Å². The third-order valence-corrected chi connectivity index (χ3v) is 2.67. The van der Waals surface area contributed by atoms with Gasteiger partial charge in [0.05, 0.1) is 7.11 Å². The topological polar surface area (TPSA) is 41.6 Å². The van der Waals surface area contributed by atoms with Crippen molar-refractivity contribution in [2.24, 2.45) is 0 Å². The van der Waals surface area contributed by atoms with Crippen LogP contribution in [0.1, 0.15) is 5.56 Å². The van der Waals surface area contributed by atoms with Gasteiger partial charge in [0.15, 0.2) is 0 Å². The number of nitrogens with one attached hydrogen (secondary N) is 1. The van der Waals surface area contributed by atoms with Crippen molar-refractivity contribution < 1.29 is 9.63 Å². The second-order valence-electron chi connectivity index (χ2n) is 3.07. The molecule has 0 heterocycles. The summed E-state index contributed by atoms with van der Waals surface area (Å²) in [5.41, 5.74) is 1.82. The van der Waals surface area contributed by atoms with Gasteiger partial charge in [-0.25, -0.2) is 9.86 Å². The molecule has 82 valence electrons. The van der Waals surface area contributed by atoms with E-state index >= 15 is 0 Å². The Morgan fingerprint density at radius 3 is 2.80 bits per heavy atom. The van der Waals surface area contributed by atoms with Crippen LogP contribution in [0.5, 0.6) is 0 Å². The highest BCUT2D eigenvalue weighted by atomic mass is 127. The van der Waals surface area contributed by atoms with Gasteiger partial charge in [0, 0.05) is 16.3 Å². The van der Waals surface area contributed by atoms with Crippen molar-refractivity contribution in [1.29, 1.82) is 0 Å². The molecule has 0 bridgehead atoms. The maximum atomic E-state index is 11.5. The molecule has 0 saturated heterocycles. The zero-order valence-electron chi connectivity index (χ0n) is 8.87. The number of hydrogen-bond acceptors (Lipinski definition) is 2. The maximum absolute atomic E-state index is 11.5. The molecule has 0 aromatic heterocycles. The van der Waals surface area contributed by atoms with Crippen molar-refractivity contribution in [3.8, 4) is 0 Å². The molecule has 0 fully saturated rings. The van der Waals surface area contributed by atoms with Gasteiger partial charge in [-0.2, -0.15) is 0 Å². The Bertz CT molecular complexity index is 368. The second kappa shape index (κ2) is 5.32. The summed E-state index contributed by atoms with van der Waals surface area (Å²) in [5.74, 6) is 0. The van der Waals surface area contributed by atoms with Crippen LogP contribution in [0.3, 0.4) is 0 Å². The van der Waals surface area contributed by atoms with Gasteiger partial charge in [-0.15, -0.1) is 0 Å². The zero-order valence-corrected chi connectivity index (χ0v) is 11.0. The van der Waals surface area contributed by atoms with E-state index in [9.17, 15) is 4.79 Å². The van der Waals surface area contributed by atoms with Crippen LogP contribution in [0.4, 0.5) is 10.5 Å². The van der Waals surface area contributed by atoms with Crippen molar-refractivity contribution in [2.75, 3.05) is 19.5 Å². The number of urea groups is 1. The Balaban J connectivity index is 2.80. The van der Waals surface area contributed by atoms with E-state index in [0.717, 1.165) is 19.9 Å². The molecular formula is C10H13IN2O2. The molecule has 0 saturated carbocycles. The minimum absolute atomic E-state index is 0.289. The van der Waals surface area contributed by atoms with Crippen LogP contribution in [-0.2, 0) is 4.84 Å². The van der Waals surface area contributed by atoms with Crippen molar-refractivity contribution in [3.05, 3.63) is 27.3 Å². The molecule has 0 aliphatic rings. The lowest BCUT2D eigenvalue weighted by molar-refractivity contribution is -0.0598. The highest BCUT2D eigenvalue weighted by Gasteiger charge is 2.09. The van der Waals surface area contributed by atoms with Gasteiger partial charge in [0.1, 0.15) is 0 Å². The van der Waals surface area contributed by atoms with Crippen LogP contribution >= 0.6 is 22.6 Å². The Morgan fingerprint density at radius 1 is 1.53 bits per heavy atom. The van der Waals surface area contributed by atoms with E-state index in [2.05, 4.69) is 27.9 Å². The number of carbonyl (C=O) groups is 1. The molecule has 5 heteroatoms. The molecule has 2 amide bonds. The van der Waals surface area contributed by atoms with Gasteiger partial charge in [-0.3, -0.25) is 4.84 Å². The Labute approximate surface area is 103 Å². The SMILES string of the molecule is CON(C)C(=O)Nc1cc(I)ccc1C. The van der Waals surface area contributed by atoms with E-state index < -0.39 is 0 Å². The average molecular weight is 320 g/mol. The Morgan fingerprint density at radius 2 is 2.20 bits per heavy atom. The lowest BCUT2D eigenvalue weighted by Gasteiger charge is -2.15. The minimum Gasteiger partial charge on any atom is -0.306 e. The monoisotopic (exact) mass is 320 g/mol. The fraction of sp³-hybridized carbons (Fsp3) is 0.300. The predicted molar refractivity (Wildman–Crippen MR) is 67.7 cm³/mol. The van der Waals surface area contributed by atoms with Gasteiger partial charge in [0.25, 0.3) is 0 Å². The van der Waals surface area contributed by atoms with Crippen molar-refractivity contribution >= 4 is 34.3 Å². The molecule has 1 aromatic rings. The fourth-order valence-electron chi connectivity index (χ4n) is 1.01. The number of hydroxylamine groups is 2. The third-order valence-electron chi connectivity index (χ3n) is 2.00. The number of hydrogen-bond donors (Lipinski definition) is 1. The summed E-state index contributed by atoms with van der Waals surface area (Å²) >= 11 is 2.20. The molecule has 0 unspecified atom stereocenters. The molecule has 0 aliphatic carbocycles. The number of halogens is 1. The van der Waals surface area contributed by atoms with E-state index in [4.69, 9.17) is 4.84 Å². The van der Waals surface area contributed by atoms with Gasteiger partial charge >= 0.3 is 6.03 Å². The van der Waals surface area contributed by atoms with Crippen LogP contribution < -0.4 is 5.32 Å². The van der Waals surface area contributed by atoms with Gasteiger partial charge < -0.3 is 5.32 Å². The largest absolute Gasteiger partial charge is 0.345 e. The van der Waals surface area contributed by atoms with E-state index in [0.29, 0.717) is 0 Å². The van der Waals surface area contributed by atoms with Crippen molar-refractivity contribution in [1.82, 2.24) is 5.06 Å². The van der Waals surface area contributed by atoms with E-state index in [1.54, 1.807) is 7.05 Å². The second-order valence-corrected chi connectivity index (χ2v) is 4.32. The van der Waals surface area contributed by atoms with Crippen LogP contribution in [0.15, 0.2) is 18.2 Å². The third kappa shape index (κ3) is 3.35. The molecule has 0 aliphatic heterocycles. The first-order chi connectivity index (χ1) is 7.04. The lowest BCUT2D eigenvalue weighted by atomic mass is 10.2. The van der Waals surface area contributed by atoms with Crippen LogP contribution in [0.25, 0.3) is 0 Å². The molecule has 0 radical (unpaired) electrons. The van der Waals surface area contributed by atoms with Gasteiger partial charge in [0.2, 0.25) is 0 Å². The number of amides is 2. The van der Waals surface area contributed by atoms with Gasteiger partial charge in [-0.05, 0) is 47.2 Å². The Hall–Kier alpha value is -0.820. The van der Waals surface area contributed by atoms with E-state index in [1.165, 1.54) is 7.11 Å². The lowest BCUT2D eigenvalue weighted by Crippen LogP contribution is -2.30. The summed E-state index contributed by atoms with van der Waals surface area (Å²) in [6.45, 7) is 1.94. The molecule has 0 atom stereocenters. The molecule has 1 rings (SSSR count). The average Bonchev–Trinajstić information content (AvgIpc) is 2.22. The molecule has 1 aromatic carbocycles.